The Labute approximate surface area is 140 Å². The van der Waals surface area contributed by atoms with Gasteiger partial charge >= 0.3 is 5.97 Å². The minimum absolute atomic E-state index is 0.0573. The van der Waals surface area contributed by atoms with Gasteiger partial charge in [0.05, 0.1) is 0 Å². The number of hydrogen-bond donors (Lipinski definition) is 2. The fourth-order valence-electron chi connectivity index (χ4n) is 2.14. The molecular formula is C16H28N2O3Si2. The summed E-state index contributed by atoms with van der Waals surface area (Å²) in [6.07, 6.45) is 0.0573. The van der Waals surface area contributed by atoms with Gasteiger partial charge in [0, 0.05) is 17.7 Å². The Kier molecular flexibility index (Phi) is 6.32. The first-order valence-electron chi connectivity index (χ1n) is 7.77. The second-order valence-electron chi connectivity index (χ2n) is 7.69. The van der Waals surface area contributed by atoms with Crippen molar-refractivity contribution >= 4 is 34.0 Å². The Bertz CT molecular complexity index is 577. The van der Waals surface area contributed by atoms with Crippen molar-refractivity contribution in [2.75, 3.05) is 5.73 Å². The van der Waals surface area contributed by atoms with E-state index in [1.54, 1.807) is 24.3 Å². The molecule has 0 radical (unpaired) electrons. The van der Waals surface area contributed by atoms with Crippen LogP contribution in [-0.4, -0.2) is 34.3 Å². The van der Waals surface area contributed by atoms with Crippen LogP contribution in [0.2, 0.25) is 39.3 Å². The van der Waals surface area contributed by atoms with Gasteiger partial charge in [-0.05, 0) is 31.8 Å². The summed E-state index contributed by atoms with van der Waals surface area (Å²) >= 11 is 0. The van der Waals surface area contributed by atoms with Crippen molar-refractivity contribution in [1.29, 1.82) is 0 Å². The third-order valence-electron chi connectivity index (χ3n) is 2.95. The fraction of sp³-hybridized carbons (Fsp3) is 0.500. The molecule has 0 saturated carbocycles. The largest absolute Gasteiger partial charge is 0.519 e. The normalized spacial score (nSPS) is 13.5. The lowest BCUT2D eigenvalue weighted by Gasteiger charge is -2.28. The summed E-state index contributed by atoms with van der Waals surface area (Å²) in [5.74, 6) is -0.485. The average Bonchev–Trinajstić information content (AvgIpc) is 2.34. The summed E-state index contributed by atoms with van der Waals surface area (Å²) in [6.45, 7) is 12.1. The molecule has 0 saturated heterocycles. The van der Waals surface area contributed by atoms with Gasteiger partial charge in [-0.2, -0.15) is 0 Å². The molecule has 0 aliphatic heterocycles. The highest BCUT2D eigenvalue weighted by Crippen LogP contribution is 2.16. The lowest BCUT2D eigenvalue weighted by atomic mass is 10.0. The highest BCUT2D eigenvalue weighted by molar-refractivity contribution is 6.74. The van der Waals surface area contributed by atoms with E-state index in [9.17, 15) is 9.59 Å². The van der Waals surface area contributed by atoms with Crippen LogP contribution in [0, 0.1) is 0 Å². The first-order valence-corrected chi connectivity index (χ1v) is 14.7. The minimum Gasteiger partial charge on any atom is -0.519 e. The molecule has 1 atom stereocenters. The minimum atomic E-state index is -2.01. The average molecular weight is 353 g/mol. The number of hydrogen-bond acceptors (Lipinski definition) is 5. The van der Waals surface area contributed by atoms with Gasteiger partial charge in [0.15, 0.2) is 5.78 Å². The topological polar surface area (TPSA) is 81.4 Å². The van der Waals surface area contributed by atoms with Crippen LogP contribution in [0.3, 0.4) is 0 Å². The number of nitrogens with two attached hydrogens (primary N) is 1. The zero-order chi connectivity index (χ0) is 17.8. The van der Waals surface area contributed by atoms with E-state index < -0.39 is 22.6 Å². The van der Waals surface area contributed by atoms with E-state index in [4.69, 9.17) is 10.2 Å². The van der Waals surface area contributed by atoms with Crippen LogP contribution in [0.25, 0.3) is 0 Å². The van der Waals surface area contributed by atoms with Crippen molar-refractivity contribution in [2.24, 2.45) is 0 Å². The van der Waals surface area contributed by atoms with E-state index in [1.807, 2.05) is 19.6 Å². The molecule has 1 aromatic carbocycles. The second kappa shape index (κ2) is 7.42. The van der Waals surface area contributed by atoms with Crippen molar-refractivity contribution in [1.82, 2.24) is 4.98 Å². The standard InChI is InChI=1S/C16H28N2O3Si2/c1-22(2,3)18-14(16(20)21-23(4,5)6)11-15(19)12-9-7-8-10-13(12)17/h7-10,14,18H,11,17H2,1-6H3. The number of Topliss-reactive ketones (excluding diaryl/α,β-unsaturated/α-hetero) is 1. The number of nitrogen functional groups attached to an aromatic ring is 1. The Balaban J connectivity index is 2.95. The van der Waals surface area contributed by atoms with Crippen LogP contribution in [0.1, 0.15) is 16.8 Å². The van der Waals surface area contributed by atoms with Gasteiger partial charge in [0.2, 0.25) is 8.32 Å². The zero-order valence-electron chi connectivity index (χ0n) is 14.9. The van der Waals surface area contributed by atoms with Crippen molar-refractivity contribution in [3.63, 3.8) is 0 Å². The quantitative estimate of drug-likeness (QED) is 0.448. The molecule has 0 bridgehead atoms. The molecule has 1 unspecified atom stereocenters. The number of benzene rings is 1. The maximum atomic E-state index is 12.5. The van der Waals surface area contributed by atoms with E-state index in [-0.39, 0.29) is 18.2 Å². The predicted molar refractivity (Wildman–Crippen MR) is 99.5 cm³/mol. The van der Waals surface area contributed by atoms with Crippen LogP contribution in [0.4, 0.5) is 5.69 Å². The van der Waals surface area contributed by atoms with Gasteiger partial charge in [0.25, 0.3) is 0 Å². The number of anilines is 1. The van der Waals surface area contributed by atoms with Crippen molar-refractivity contribution in [3.05, 3.63) is 29.8 Å². The smallest absolute Gasteiger partial charge is 0.309 e. The Morgan fingerprint density at radius 1 is 1.13 bits per heavy atom. The van der Waals surface area contributed by atoms with Crippen LogP contribution in [0.15, 0.2) is 24.3 Å². The number of nitrogens with one attached hydrogen (secondary N) is 1. The third kappa shape index (κ3) is 7.11. The summed E-state index contributed by atoms with van der Waals surface area (Å²) in [5, 5.41) is 0. The molecule has 0 aliphatic rings. The molecule has 23 heavy (non-hydrogen) atoms. The predicted octanol–water partition coefficient (Wildman–Crippen LogP) is 3.01. The highest BCUT2D eigenvalue weighted by atomic mass is 28.4. The molecule has 128 valence electrons. The van der Waals surface area contributed by atoms with E-state index in [0.29, 0.717) is 11.3 Å². The molecule has 1 aromatic rings. The molecule has 0 spiro atoms. The number of rotatable bonds is 7. The van der Waals surface area contributed by atoms with E-state index in [2.05, 4.69) is 24.6 Å². The SMILES string of the molecule is C[Si](C)(C)NC(CC(=O)c1ccccc1N)C(=O)O[Si](C)(C)C. The Morgan fingerprint density at radius 3 is 2.17 bits per heavy atom. The zero-order valence-corrected chi connectivity index (χ0v) is 16.9. The van der Waals surface area contributed by atoms with Gasteiger partial charge < -0.3 is 15.1 Å². The van der Waals surface area contributed by atoms with Gasteiger partial charge in [-0.15, -0.1) is 0 Å². The second-order valence-corrected chi connectivity index (χ2v) is 16.9. The monoisotopic (exact) mass is 352 g/mol. The van der Waals surface area contributed by atoms with Gasteiger partial charge in [-0.1, -0.05) is 31.8 Å². The summed E-state index contributed by atoms with van der Waals surface area (Å²) in [4.78, 5) is 28.3. The first-order chi connectivity index (χ1) is 10.4. The van der Waals surface area contributed by atoms with Crippen LogP contribution in [0.5, 0.6) is 0 Å². The number of ketones is 1. The lowest BCUT2D eigenvalue weighted by molar-refractivity contribution is -0.137. The molecular weight excluding hydrogens is 324 g/mol. The molecule has 5 nitrogen and oxygen atoms in total. The third-order valence-corrected chi connectivity index (χ3v) is 4.98. The van der Waals surface area contributed by atoms with E-state index in [1.165, 1.54) is 0 Å². The molecule has 3 N–H and O–H groups in total. The van der Waals surface area contributed by atoms with Crippen LogP contribution >= 0.6 is 0 Å². The van der Waals surface area contributed by atoms with Crippen LogP contribution < -0.4 is 10.7 Å². The number of para-hydroxylation sites is 1. The lowest BCUT2D eigenvalue weighted by Crippen LogP contribution is -2.54. The first kappa shape index (κ1) is 19.6. The Morgan fingerprint density at radius 2 is 1.70 bits per heavy atom. The highest BCUT2D eigenvalue weighted by Gasteiger charge is 2.32. The van der Waals surface area contributed by atoms with Gasteiger partial charge in [0.1, 0.15) is 14.3 Å². The van der Waals surface area contributed by atoms with Crippen molar-refractivity contribution in [3.8, 4) is 0 Å². The van der Waals surface area contributed by atoms with E-state index in [0.717, 1.165) is 0 Å². The van der Waals surface area contributed by atoms with Gasteiger partial charge in [-0.25, -0.2) is 0 Å². The van der Waals surface area contributed by atoms with Crippen LogP contribution in [-0.2, 0) is 9.22 Å². The molecule has 7 heteroatoms. The van der Waals surface area contributed by atoms with Gasteiger partial charge in [-0.3, -0.25) is 9.59 Å². The molecule has 0 aromatic heterocycles. The van der Waals surface area contributed by atoms with Crippen molar-refractivity contribution < 1.29 is 14.0 Å². The summed E-state index contributed by atoms with van der Waals surface area (Å²) < 4.78 is 5.59. The molecule has 0 amide bonds. The Hall–Kier alpha value is -1.45. The summed E-state index contributed by atoms with van der Waals surface area (Å²) in [6, 6.07) is 6.30. The molecule has 0 fully saturated rings. The summed E-state index contributed by atoms with van der Waals surface area (Å²) in [5.41, 5.74) is 6.75. The maximum absolute atomic E-state index is 12.5. The van der Waals surface area contributed by atoms with Crippen molar-refractivity contribution in [2.45, 2.75) is 51.7 Å². The maximum Gasteiger partial charge on any atom is 0.309 e. The molecule has 0 aliphatic carbocycles. The van der Waals surface area contributed by atoms with E-state index >= 15 is 0 Å². The molecule has 1 rings (SSSR count). The number of carbonyl (C=O) groups is 2. The summed E-state index contributed by atoms with van der Waals surface area (Å²) in [7, 11) is -3.77. The number of carbonyl (C=O) groups excluding carboxylic acids is 2. The molecule has 0 heterocycles. The fourth-order valence-corrected chi connectivity index (χ4v) is 4.15.